The Balaban J connectivity index is 3.20. The number of halogens is 1. The normalized spacial score (nSPS) is 9.64. The van der Waals surface area contributed by atoms with Crippen LogP contribution in [0, 0.1) is 23.1 Å². The van der Waals surface area contributed by atoms with Crippen LogP contribution in [0.2, 0.25) is 0 Å². The van der Waals surface area contributed by atoms with Crippen molar-refractivity contribution >= 4 is 21.6 Å². The zero-order valence-corrected chi connectivity index (χ0v) is 7.38. The molecule has 0 heterocycles. The molecule has 1 aromatic rings. The van der Waals surface area contributed by atoms with Crippen LogP contribution < -0.4 is 0 Å². The Labute approximate surface area is 72.3 Å². The van der Waals surface area contributed by atoms with Gasteiger partial charge in [-0.25, -0.2) is 0 Å². The summed E-state index contributed by atoms with van der Waals surface area (Å²) in [4.78, 5) is 9.88. The Kier molecular flexibility index (Phi) is 2.24. The number of hydrogen-bond donors (Lipinski definition) is 0. The van der Waals surface area contributed by atoms with Gasteiger partial charge in [0.2, 0.25) is 0 Å². The second-order valence-electron chi connectivity index (χ2n) is 2.11. The van der Waals surface area contributed by atoms with Crippen molar-refractivity contribution in [1.82, 2.24) is 0 Å². The van der Waals surface area contributed by atoms with Gasteiger partial charge < -0.3 is 0 Å². The first-order chi connectivity index (χ1) is 5.11. The molecule has 11 heavy (non-hydrogen) atoms. The van der Waals surface area contributed by atoms with Crippen molar-refractivity contribution in [3.63, 3.8) is 0 Å². The van der Waals surface area contributed by atoms with Crippen molar-refractivity contribution in [3.05, 3.63) is 38.3 Å². The molecule has 0 aliphatic carbocycles. The number of nitro groups is 1. The lowest BCUT2D eigenvalue weighted by atomic mass is 10.2. The maximum atomic E-state index is 10.3. The molecule has 0 saturated heterocycles. The van der Waals surface area contributed by atoms with Gasteiger partial charge in [0, 0.05) is 22.2 Å². The third-order valence-corrected chi connectivity index (χ3v) is 1.75. The molecule has 0 saturated carbocycles. The van der Waals surface area contributed by atoms with Crippen LogP contribution >= 0.6 is 15.9 Å². The molecule has 3 nitrogen and oxygen atoms in total. The highest BCUT2D eigenvalue weighted by Crippen LogP contribution is 2.20. The fourth-order valence-electron chi connectivity index (χ4n) is 0.754. The highest BCUT2D eigenvalue weighted by molar-refractivity contribution is 9.10. The van der Waals surface area contributed by atoms with Crippen LogP contribution in [0.4, 0.5) is 5.69 Å². The first-order valence-electron chi connectivity index (χ1n) is 2.93. The van der Waals surface area contributed by atoms with Crippen molar-refractivity contribution in [2.75, 3.05) is 0 Å². The van der Waals surface area contributed by atoms with Gasteiger partial charge in [-0.2, -0.15) is 0 Å². The molecule has 0 aliphatic heterocycles. The van der Waals surface area contributed by atoms with Crippen molar-refractivity contribution in [3.8, 4) is 0 Å². The number of nitro benzene ring substituents is 1. The second kappa shape index (κ2) is 3.00. The lowest BCUT2D eigenvalue weighted by Gasteiger charge is -1.95. The van der Waals surface area contributed by atoms with Gasteiger partial charge in [0.1, 0.15) is 0 Å². The number of rotatable bonds is 1. The van der Waals surface area contributed by atoms with E-state index in [1.165, 1.54) is 6.07 Å². The molecule has 0 N–H and O–H groups in total. The molecule has 1 rings (SSSR count). The predicted octanol–water partition coefficient (Wildman–Crippen LogP) is 2.47. The summed E-state index contributed by atoms with van der Waals surface area (Å²) in [5.74, 6) is 0. The Morgan fingerprint density at radius 2 is 2.36 bits per heavy atom. The van der Waals surface area contributed by atoms with E-state index in [0.717, 1.165) is 4.47 Å². The van der Waals surface area contributed by atoms with Crippen molar-refractivity contribution < 1.29 is 4.92 Å². The van der Waals surface area contributed by atoms with E-state index < -0.39 is 4.92 Å². The summed E-state index contributed by atoms with van der Waals surface area (Å²) in [5.41, 5.74) is 0.744. The Bertz CT molecular complexity index is 298. The van der Waals surface area contributed by atoms with Crippen LogP contribution in [0.3, 0.4) is 0 Å². The molecule has 57 valence electrons. The molecule has 0 unspecified atom stereocenters. The summed E-state index contributed by atoms with van der Waals surface area (Å²) in [6.45, 7) is 1.69. The first-order valence-corrected chi connectivity index (χ1v) is 3.73. The van der Waals surface area contributed by atoms with E-state index in [0.29, 0.717) is 5.56 Å². The number of aryl methyl sites for hydroxylation is 1. The Morgan fingerprint density at radius 3 is 2.82 bits per heavy atom. The lowest BCUT2D eigenvalue weighted by Crippen LogP contribution is -1.90. The average molecular weight is 215 g/mol. The molecular formula is C7H5BrNO2. The van der Waals surface area contributed by atoms with Crippen LogP contribution in [0.1, 0.15) is 5.56 Å². The Hall–Kier alpha value is -0.900. The minimum Gasteiger partial charge on any atom is -0.258 e. The quantitative estimate of drug-likeness (QED) is 0.533. The molecular weight excluding hydrogens is 210 g/mol. The van der Waals surface area contributed by atoms with Crippen molar-refractivity contribution in [2.45, 2.75) is 6.92 Å². The maximum Gasteiger partial charge on any atom is 0.272 e. The minimum absolute atomic E-state index is 0.105. The number of nitrogens with zero attached hydrogens (tertiary/aromatic N) is 1. The average Bonchev–Trinajstić information content (AvgIpc) is 1.85. The molecule has 0 aromatic heterocycles. The first kappa shape index (κ1) is 8.20. The third kappa shape index (κ3) is 1.77. The molecule has 1 aromatic carbocycles. The second-order valence-corrected chi connectivity index (χ2v) is 2.96. The van der Waals surface area contributed by atoms with E-state index in [4.69, 9.17) is 0 Å². The summed E-state index contributed by atoms with van der Waals surface area (Å²) in [7, 11) is 0. The van der Waals surface area contributed by atoms with E-state index in [-0.39, 0.29) is 5.69 Å². The van der Waals surface area contributed by atoms with Gasteiger partial charge in [-0.05, 0) is 13.0 Å². The van der Waals surface area contributed by atoms with Crippen LogP contribution in [-0.2, 0) is 0 Å². The Morgan fingerprint density at radius 1 is 1.73 bits per heavy atom. The van der Waals surface area contributed by atoms with E-state index in [1.54, 1.807) is 13.0 Å². The van der Waals surface area contributed by atoms with E-state index in [9.17, 15) is 10.1 Å². The smallest absolute Gasteiger partial charge is 0.258 e. The van der Waals surface area contributed by atoms with E-state index in [1.807, 2.05) is 0 Å². The van der Waals surface area contributed by atoms with Gasteiger partial charge in [0.25, 0.3) is 5.69 Å². The fourth-order valence-corrected chi connectivity index (χ4v) is 1.21. The number of hydrogen-bond acceptors (Lipinski definition) is 2. The molecule has 0 aliphatic rings. The highest BCUT2D eigenvalue weighted by atomic mass is 79.9. The van der Waals surface area contributed by atoms with Gasteiger partial charge in [-0.3, -0.25) is 10.1 Å². The van der Waals surface area contributed by atoms with Gasteiger partial charge in [0.15, 0.2) is 0 Å². The zero-order chi connectivity index (χ0) is 8.43. The largest absolute Gasteiger partial charge is 0.272 e. The fraction of sp³-hybridized carbons (Fsp3) is 0.143. The summed E-state index contributed by atoms with van der Waals surface area (Å²) in [6, 6.07) is 5.72. The van der Waals surface area contributed by atoms with Crippen LogP contribution in [-0.4, -0.2) is 4.92 Å². The number of benzene rings is 1. The summed E-state index contributed by atoms with van der Waals surface area (Å²) in [6.07, 6.45) is 0. The highest BCUT2D eigenvalue weighted by Gasteiger charge is 2.08. The predicted molar refractivity (Wildman–Crippen MR) is 44.4 cm³/mol. The zero-order valence-electron chi connectivity index (χ0n) is 5.80. The molecule has 4 heteroatoms. The minimum atomic E-state index is -0.418. The molecule has 0 bridgehead atoms. The maximum absolute atomic E-state index is 10.3. The monoisotopic (exact) mass is 214 g/mol. The van der Waals surface area contributed by atoms with Crippen LogP contribution in [0.25, 0.3) is 0 Å². The SMILES string of the molecule is Cc1cc(Br)[c]cc1[N+](=O)[O-]. The van der Waals surface area contributed by atoms with Gasteiger partial charge >= 0.3 is 0 Å². The molecule has 0 atom stereocenters. The van der Waals surface area contributed by atoms with Crippen molar-refractivity contribution in [1.29, 1.82) is 0 Å². The third-order valence-electron chi connectivity index (χ3n) is 1.29. The van der Waals surface area contributed by atoms with Gasteiger partial charge in [-0.1, -0.05) is 15.9 Å². The summed E-state index contributed by atoms with van der Waals surface area (Å²) >= 11 is 3.17. The lowest BCUT2D eigenvalue weighted by molar-refractivity contribution is -0.385. The molecule has 0 amide bonds. The van der Waals surface area contributed by atoms with Gasteiger partial charge in [-0.15, -0.1) is 0 Å². The summed E-state index contributed by atoms with van der Waals surface area (Å²) in [5, 5.41) is 10.3. The van der Waals surface area contributed by atoms with Crippen LogP contribution in [0.5, 0.6) is 0 Å². The topological polar surface area (TPSA) is 43.1 Å². The van der Waals surface area contributed by atoms with E-state index in [2.05, 4.69) is 22.0 Å². The van der Waals surface area contributed by atoms with Crippen LogP contribution in [0.15, 0.2) is 16.6 Å². The molecule has 0 spiro atoms. The van der Waals surface area contributed by atoms with E-state index >= 15 is 0 Å². The molecule has 0 fully saturated rings. The standard InChI is InChI=1S/C7H5BrNO2/c1-5-4-6(8)2-3-7(5)9(10)11/h3-4H,1H3. The van der Waals surface area contributed by atoms with Gasteiger partial charge in [0.05, 0.1) is 4.92 Å². The summed E-state index contributed by atoms with van der Waals surface area (Å²) < 4.78 is 0.737. The van der Waals surface area contributed by atoms with Crippen molar-refractivity contribution in [2.24, 2.45) is 0 Å². The molecule has 1 radical (unpaired) electrons.